The summed E-state index contributed by atoms with van der Waals surface area (Å²) in [5.41, 5.74) is 2.75. The second-order valence-electron chi connectivity index (χ2n) is 5.24. The Labute approximate surface area is 91.1 Å². The lowest BCUT2D eigenvalue weighted by Gasteiger charge is -2.18. The molecule has 1 aromatic rings. The molecule has 1 saturated carbocycles. The molecule has 1 N–H and O–H groups in total. The molecule has 0 bridgehead atoms. The Morgan fingerprint density at radius 3 is 2.73 bits per heavy atom. The van der Waals surface area contributed by atoms with E-state index >= 15 is 0 Å². The largest absolute Gasteiger partial charge is 0.380 e. The number of aromatic nitrogens is 1. The van der Waals surface area contributed by atoms with Crippen LogP contribution >= 0.6 is 0 Å². The van der Waals surface area contributed by atoms with Gasteiger partial charge in [-0.05, 0) is 29.4 Å². The first-order valence-electron chi connectivity index (χ1n) is 5.90. The van der Waals surface area contributed by atoms with Crippen molar-refractivity contribution in [2.75, 3.05) is 5.32 Å². The molecule has 0 amide bonds. The van der Waals surface area contributed by atoms with E-state index < -0.39 is 0 Å². The molecule has 2 unspecified atom stereocenters. The quantitative estimate of drug-likeness (QED) is 0.699. The molecule has 80 valence electrons. The fourth-order valence-corrected chi connectivity index (χ4v) is 3.48. The summed E-state index contributed by atoms with van der Waals surface area (Å²) in [6.07, 6.45) is 3.89. The molecule has 2 heteroatoms. The molecule has 0 radical (unpaired) electrons. The molecule has 5 atom stereocenters. The zero-order chi connectivity index (χ0) is 10.6. The van der Waals surface area contributed by atoms with E-state index in [9.17, 15) is 0 Å². The van der Waals surface area contributed by atoms with Crippen molar-refractivity contribution >= 4 is 5.69 Å². The molecule has 3 rings (SSSR count). The minimum absolute atomic E-state index is 0.634. The molecule has 2 aliphatic rings. The van der Waals surface area contributed by atoms with E-state index in [2.05, 4.69) is 37.1 Å². The van der Waals surface area contributed by atoms with E-state index in [0.29, 0.717) is 12.0 Å². The van der Waals surface area contributed by atoms with Gasteiger partial charge in [-0.1, -0.05) is 20.8 Å². The van der Waals surface area contributed by atoms with Crippen LogP contribution < -0.4 is 5.32 Å². The highest BCUT2D eigenvalue weighted by molar-refractivity contribution is 5.59. The Balaban J connectivity index is 2.06. The van der Waals surface area contributed by atoms with Crippen LogP contribution in [0.1, 0.15) is 32.3 Å². The number of nitrogens with one attached hydrogen (secondary N) is 1. The van der Waals surface area contributed by atoms with E-state index in [0.717, 1.165) is 17.8 Å². The monoisotopic (exact) mass is 202 g/mol. The highest BCUT2D eigenvalue weighted by atomic mass is 15.0. The van der Waals surface area contributed by atoms with E-state index in [1.54, 1.807) is 0 Å². The molecule has 0 aromatic carbocycles. The van der Waals surface area contributed by atoms with Crippen molar-refractivity contribution in [3.63, 3.8) is 0 Å². The minimum Gasteiger partial charge on any atom is -0.380 e. The maximum Gasteiger partial charge on any atom is 0.0565 e. The first-order valence-corrected chi connectivity index (χ1v) is 5.90. The third-order valence-electron chi connectivity index (χ3n) is 4.71. The molecular weight excluding hydrogens is 184 g/mol. The van der Waals surface area contributed by atoms with Gasteiger partial charge in [-0.25, -0.2) is 0 Å². The van der Waals surface area contributed by atoms with Gasteiger partial charge in [-0.2, -0.15) is 0 Å². The average Bonchev–Trinajstić information content (AvgIpc) is 2.72. The maximum absolute atomic E-state index is 4.19. The van der Waals surface area contributed by atoms with Gasteiger partial charge in [-0.3, -0.25) is 4.98 Å². The summed E-state index contributed by atoms with van der Waals surface area (Å²) in [5.74, 6) is 3.06. The summed E-state index contributed by atoms with van der Waals surface area (Å²) in [7, 11) is 0. The molecule has 0 saturated heterocycles. The molecule has 1 aliphatic carbocycles. The van der Waals surface area contributed by atoms with Gasteiger partial charge in [0.2, 0.25) is 0 Å². The van der Waals surface area contributed by atoms with E-state index in [4.69, 9.17) is 0 Å². The Morgan fingerprint density at radius 1 is 1.13 bits per heavy atom. The number of hydrogen-bond acceptors (Lipinski definition) is 2. The van der Waals surface area contributed by atoms with Gasteiger partial charge >= 0.3 is 0 Å². The van der Waals surface area contributed by atoms with Crippen molar-refractivity contribution in [1.29, 1.82) is 0 Å². The minimum atomic E-state index is 0.634. The zero-order valence-electron chi connectivity index (χ0n) is 9.57. The summed E-state index contributed by atoms with van der Waals surface area (Å²) >= 11 is 0. The Kier molecular flexibility index (Phi) is 1.82. The van der Waals surface area contributed by atoms with E-state index in [-0.39, 0.29) is 0 Å². The molecule has 1 aliphatic heterocycles. The van der Waals surface area contributed by atoms with Gasteiger partial charge in [0.25, 0.3) is 0 Å². The second kappa shape index (κ2) is 2.97. The number of anilines is 1. The van der Waals surface area contributed by atoms with Gasteiger partial charge in [0, 0.05) is 18.2 Å². The first-order chi connectivity index (χ1) is 7.20. The summed E-state index contributed by atoms with van der Waals surface area (Å²) in [6, 6.07) is 2.82. The maximum atomic E-state index is 4.19. The van der Waals surface area contributed by atoms with Crippen LogP contribution in [0.15, 0.2) is 18.5 Å². The van der Waals surface area contributed by atoms with Crippen LogP contribution in [0, 0.1) is 17.8 Å². The van der Waals surface area contributed by atoms with Crippen LogP contribution in [0.2, 0.25) is 0 Å². The average molecular weight is 202 g/mol. The van der Waals surface area contributed by atoms with Gasteiger partial charge < -0.3 is 5.32 Å². The van der Waals surface area contributed by atoms with Gasteiger partial charge in [-0.15, -0.1) is 0 Å². The molecular formula is C13H18N2. The molecule has 0 spiro atoms. The van der Waals surface area contributed by atoms with Crippen LogP contribution in [0.3, 0.4) is 0 Å². The van der Waals surface area contributed by atoms with Crippen molar-refractivity contribution in [3.8, 4) is 0 Å². The lowest BCUT2D eigenvalue weighted by atomic mass is 9.87. The molecule has 15 heavy (non-hydrogen) atoms. The predicted octanol–water partition coefficient (Wildman–Crippen LogP) is 2.88. The highest BCUT2D eigenvalue weighted by Crippen LogP contribution is 2.53. The first kappa shape index (κ1) is 9.20. The van der Waals surface area contributed by atoms with Gasteiger partial charge in [0.15, 0.2) is 0 Å². The van der Waals surface area contributed by atoms with Crippen LogP contribution in [-0.2, 0) is 0 Å². The summed E-state index contributed by atoms with van der Waals surface area (Å²) in [4.78, 5) is 4.19. The predicted molar refractivity (Wildman–Crippen MR) is 61.9 cm³/mol. The molecule has 2 heterocycles. The second-order valence-corrected chi connectivity index (χ2v) is 5.24. The molecule has 1 aromatic heterocycles. The SMILES string of the molecule is C[C@@H]1[C@H](C)C2Nc3cnccc3C2[C@@H]1C. The number of nitrogens with zero attached hydrogens (tertiary/aromatic N) is 1. The Morgan fingerprint density at radius 2 is 1.93 bits per heavy atom. The van der Waals surface area contributed by atoms with Crippen LogP contribution in [0.4, 0.5) is 5.69 Å². The summed E-state index contributed by atoms with van der Waals surface area (Å²) in [6.45, 7) is 7.15. The smallest absolute Gasteiger partial charge is 0.0565 e. The summed E-state index contributed by atoms with van der Waals surface area (Å²) < 4.78 is 0. The highest BCUT2D eigenvalue weighted by Gasteiger charge is 2.48. The topological polar surface area (TPSA) is 24.9 Å². The van der Waals surface area contributed by atoms with Crippen LogP contribution in [-0.4, -0.2) is 11.0 Å². The van der Waals surface area contributed by atoms with Crippen molar-refractivity contribution in [2.24, 2.45) is 17.8 Å². The standard InChI is InChI=1S/C13H18N2/c1-7-8(2)12-10-4-5-14-6-11(10)15-13(12)9(7)3/h4-9,12-13,15H,1-3H3/t7-,8+,9-,12?,13?/m0/s1. The van der Waals surface area contributed by atoms with Crippen molar-refractivity contribution in [3.05, 3.63) is 24.0 Å². The Hall–Kier alpha value is -1.05. The van der Waals surface area contributed by atoms with Crippen LogP contribution in [0.25, 0.3) is 0 Å². The fraction of sp³-hybridized carbons (Fsp3) is 0.615. The van der Waals surface area contributed by atoms with Gasteiger partial charge in [0.05, 0.1) is 11.9 Å². The number of fused-ring (bicyclic) bond motifs is 3. The molecule has 2 nitrogen and oxygen atoms in total. The van der Waals surface area contributed by atoms with Crippen molar-refractivity contribution in [1.82, 2.24) is 4.98 Å². The van der Waals surface area contributed by atoms with E-state index in [1.807, 2.05) is 12.4 Å². The van der Waals surface area contributed by atoms with Crippen molar-refractivity contribution in [2.45, 2.75) is 32.7 Å². The normalized spacial score (nSPS) is 42.2. The van der Waals surface area contributed by atoms with Crippen molar-refractivity contribution < 1.29 is 0 Å². The van der Waals surface area contributed by atoms with Crippen LogP contribution in [0.5, 0.6) is 0 Å². The van der Waals surface area contributed by atoms with E-state index in [1.165, 1.54) is 11.3 Å². The number of rotatable bonds is 0. The number of hydrogen-bond donors (Lipinski definition) is 1. The number of pyridine rings is 1. The van der Waals surface area contributed by atoms with Gasteiger partial charge in [0.1, 0.15) is 0 Å². The molecule has 1 fully saturated rings. The Bertz CT molecular complexity index is 388. The summed E-state index contributed by atoms with van der Waals surface area (Å²) in [5, 5.41) is 3.64. The third kappa shape index (κ3) is 1.08. The fourth-order valence-electron chi connectivity index (χ4n) is 3.48. The zero-order valence-corrected chi connectivity index (χ0v) is 9.57. The lowest BCUT2D eigenvalue weighted by molar-refractivity contribution is 0.366. The lowest BCUT2D eigenvalue weighted by Crippen LogP contribution is -2.23. The third-order valence-corrected chi connectivity index (χ3v) is 4.71.